The van der Waals surface area contributed by atoms with Gasteiger partial charge in [-0.2, -0.15) is 0 Å². The summed E-state index contributed by atoms with van der Waals surface area (Å²) in [4.78, 5) is 17.8. The Morgan fingerprint density at radius 2 is 2.15 bits per heavy atom. The summed E-state index contributed by atoms with van der Waals surface area (Å²) < 4.78 is 4.92. The fraction of sp³-hybridized carbons (Fsp3) is 0.0769. The van der Waals surface area contributed by atoms with Crippen LogP contribution in [0.25, 0.3) is 10.9 Å². The zero-order valence-corrected chi connectivity index (χ0v) is 11.2. The summed E-state index contributed by atoms with van der Waals surface area (Å²) in [5.41, 5.74) is 1.56. The highest BCUT2D eigenvalue weighted by Crippen LogP contribution is 2.21. The molecule has 1 amide bonds. The first-order valence-electron chi connectivity index (χ1n) is 5.77. The topological polar surface area (TPSA) is 72.1 Å². The number of halogens is 1. The van der Waals surface area contributed by atoms with E-state index in [1.807, 2.05) is 24.3 Å². The number of pyridine rings is 1. The zero-order valence-electron chi connectivity index (χ0n) is 10.4. The first-order valence-corrected chi connectivity index (χ1v) is 6.15. The van der Waals surface area contributed by atoms with Crippen molar-refractivity contribution in [1.82, 2.24) is 15.2 Å². The van der Waals surface area contributed by atoms with Gasteiger partial charge in [0.25, 0.3) is 0 Å². The van der Waals surface area contributed by atoms with Gasteiger partial charge in [-0.3, -0.25) is 9.78 Å². The molecular formula is C13H9ClN4O2. The van der Waals surface area contributed by atoms with E-state index in [0.717, 1.165) is 10.9 Å². The normalized spacial score (nSPS) is 10.7. The lowest BCUT2D eigenvalue weighted by Gasteiger charge is -2.15. The van der Waals surface area contributed by atoms with Crippen LogP contribution in [0.2, 0.25) is 5.35 Å². The summed E-state index contributed by atoms with van der Waals surface area (Å²) in [6.07, 6.45) is 1.72. The van der Waals surface area contributed by atoms with Gasteiger partial charge in [-0.05, 0) is 35.9 Å². The van der Waals surface area contributed by atoms with Crippen molar-refractivity contribution in [2.24, 2.45) is 0 Å². The molecule has 3 aromatic rings. The molecule has 0 bridgehead atoms. The molecular weight excluding hydrogens is 280 g/mol. The van der Waals surface area contributed by atoms with E-state index in [4.69, 9.17) is 16.0 Å². The van der Waals surface area contributed by atoms with Crippen molar-refractivity contribution in [1.29, 1.82) is 0 Å². The van der Waals surface area contributed by atoms with Crippen LogP contribution in [0.3, 0.4) is 0 Å². The van der Waals surface area contributed by atoms with Crippen molar-refractivity contribution >= 4 is 34.1 Å². The van der Waals surface area contributed by atoms with E-state index in [1.165, 1.54) is 4.90 Å². The highest BCUT2D eigenvalue weighted by Gasteiger charge is 2.20. The number of carbonyl (C=O) groups is 1. The maximum Gasteiger partial charge on any atom is 0.315 e. The van der Waals surface area contributed by atoms with Crippen LogP contribution in [0.5, 0.6) is 0 Å². The van der Waals surface area contributed by atoms with E-state index in [1.54, 1.807) is 19.3 Å². The van der Waals surface area contributed by atoms with Crippen LogP contribution < -0.4 is 4.90 Å². The minimum absolute atomic E-state index is 0.149. The Balaban J connectivity index is 1.95. The summed E-state index contributed by atoms with van der Waals surface area (Å²) in [5, 5.41) is 7.80. The summed E-state index contributed by atoms with van der Waals surface area (Å²) in [6.45, 7) is 0. The van der Waals surface area contributed by atoms with Crippen molar-refractivity contribution < 1.29 is 9.21 Å². The smallest absolute Gasteiger partial charge is 0.315 e. The molecule has 0 saturated carbocycles. The summed E-state index contributed by atoms with van der Waals surface area (Å²) in [5.74, 6) is -0.573. The average molecular weight is 289 g/mol. The van der Waals surface area contributed by atoms with Gasteiger partial charge in [0.15, 0.2) is 0 Å². The molecule has 0 N–H and O–H groups in total. The predicted octanol–water partition coefficient (Wildman–Crippen LogP) is 2.55. The fourth-order valence-corrected chi connectivity index (χ4v) is 1.93. The molecule has 3 rings (SSSR count). The molecule has 0 saturated heterocycles. The van der Waals surface area contributed by atoms with Crippen LogP contribution in [-0.2, 0) is 0 Å². The van der Waals surface area contributed by atoms with Crippen LogP contribution >= 0.6 is 11.6 Å². The lowest BCUT2D eigenvalue weighted by molar-refractivity contribution is 0.0960. The minimum Gasteiger partial charge on any atom is -0.403 e. The van der Waals surface area contributed by atoms with E-state index >= 15 is 0 Å². The van der Waals surface area contributed by atoms with Gasteiger partial charge in [0.1, 0.15) is 0 Å². The third-order valence-electron chi connectivity index (χ3n) is 2.86. The molecule has 6 nitrogen and oxygen atoms in total. The first kappa shape index (κ1) is 12.6. The number of benzene rings is 1. The van der Waals surface area contributed by atoms with Crippen molar-refractivity contribution in [2.75, 3.05) is 11.9 Å². The Morgan fingerprint density at radius 1 is 1.30 bits per heavy atom. The molecule has 0 aliphatic rings. The van der Waals surface area contributed by atoms with Crippen LogP contribution in [-0.4, -0.2) is 28.1 Å². The van der Waals surface area contributed by atoms with E-state index in [2.05, 4.69) is 15.2 Å². The molecule has 100 valence electrons. The number of amides is 1. The van der Waals surface area contributed by atoms with Gasteiger partial charge in [-0.25, -0.2) is 0 Å². The maximum atomic E-state index is 12.1. The molecule has 2 heterocycles. The molecule has 0 aliphatic carbocycles. The highest BCUT2D eigenvalue weighted by atomic mass is 35.5. The van der Waals surface area contributed by atoms with Gasteiger partial charge < -0.3 is 9.32 Å². The van der Waals surface area contributed by atoms with Crippen molar-refractivity contribution in [3.63, 3.8) is 0 Å². The maximum absolute atomic E-state index is 12.1. The third kappa shape index (κ3) is 2.21. The first-order chi connectivity index (χ1) is 9.65. The second kappa shape index (κ2) is 4.90. The van der Waals surface area contributed by atoms with Crippen LogP contribution in [0.4, 0.5) is 5.69 Å². The molecule has 0 radical (unpaired) electrons. The molecule has 7 heteroatoms. The Hall–Kier alpha value is -2.47. The van der Waals surface area contributed by atoms with Gasteiger partial charge in [-0.15, -0.1) is 5.10 Å². The van der Waals surface area contributed by atoms with Gasteiger partial charge in [0.2, 0.25) is 0 Å². The molecule has 0 spiro atoms. The monoisotopic (exact) mass is 288 g/mol. The van der Waals surface area contributed by atoms with Gasteiger partial charge >= 0.3 is 17.1 Å². The molecule has 0 unspecified atom stereocenters. The van der Waals surface area contributed by atoms with Crippen molar-refractivity contribution in [3.8, 4) is 0 Å². The van der Waals surface area contributed by atoms with Crippen molar-refractivity contribution in [2.45, 2.75) is 0 Å². The molecule has 1 aromatic carbocycles. The van der Waals surface area contributed by atoms with E-state index < -0.39 is 5.91 Å². The fourth-order valence-electron chi connectivity index (χ4n) is 1.82. The Labute approximate surface area is 119 Å². The summed E-state index contributed by atoms with van der Waals surface area (Å²) in [7, 11) is 1.62. The van der Waals surface area contributed by atoms with E-state index in [-0.39, 0.29) is 11.2 Å². The number of anilines is 1. The number of hydrogen-bond acceptors (Lipinski definition) is 5. The Morgan fingerprint density at radius 3 is 2.90 bits per heavy atom. The molecule has 0 aliphatic heterocycles. The van der Waals surface area contributed by atoms with Crippen LogP contribution in [0.1, 0.15) is 10.7 Å². The zero-order chi connectivity index (χ0) is 14.1. The lowest BCUT2D eigenvalue weighted by atomic mass is 10.2. The number of carbonyl (C=O) groups excluding carboxylic acids is 1. The number of aromatic nitrogens is 3. The quantitative estimate of drug-likeness (QED) is 0.724. The SMILES string of the molecule is CN(C(=O)c1nnc(Cl)o1)c1ccc2ncccc2c1. The molecule has 2 aromatic heterocycles. The van der Waals surface area contributed by atoms with Gasteiger partial charge in [0, 0.05) is 24.3 Å². The second-order valence-electron chi connectivity index (χ2n) is 4.10. The standard InChI is InChI=1S/C13H9ClN4O2/c1-18(12(19)11-16-17-13(14)20-11)9-4-5-10-8(7-9)3-2-6-15-10/h2-7H,1H3. The average Bonchev–Trinajstić information content (AvgIpc) is 2.92. The minimum atomic E-state index is -0.423. The molecule has 20 heavy (non-hydrogen) atoms. The number of fused-ring (bicyclic) bond motifs is 1. The molecule has 0 atom stereocenters. The van der Waals surface area contributed by atoms with Gasteiger partial charge in [0.05, 0.1) is 5.52 Å². The second-order valence-corrected chi connectivity index (χ2v) is 4.43. The van der Waals surface area contributed by atoms with E-state index in [0.29, 0.717) is 5.69 Å². The summed E-state index contributed by atoms with van der Waals surface area (Å²) in [6, 6.07) is 9.26. The van der Waals surface area contributed by atoms with E-state index in [9.17, 15) is 4.79 Å². The predicted molar refractivity (Wildman–Crippen MR) is 73.8 cm³/mol. The largest absolute Gasteiger partial charge is 0.403 e. The third-order valence-corrected chi connectivity index (χ3v) is 3.01. The van der Waals surface area contributed by atoms with Crippen LogP contribution in [0.15, 0.2) is 40.9 Å². The number of rotatable bonds is 2. The Kier molecular flexibility index (Phi) is 3.08. The Bertz CT molecular complexity index is 787. The number of nitrogens with zero attached hydrogens (tertiary/aromatic N) is 4. The summed E-state index contributed by atoms with van der Waals surface area (Å²) >= 11 is 5.51. The number of hydrogen-bond donors (Lipinski definition) is 0. The lowest BCUT2D eigenvalue weighted by Crippen LogP contribution is -2.26. The van der Waals surface area contributed by atoms with Crippen molar-refractivity contribution in [3.05, 3.63) is 47.8 Å². The van der Waals surface area contributed by atoms with Crippen LogP contribution in [0, 0.1) is 0 Å². The van der Waals surface area contributed by atoms with Gasteiger partial charge in [-0.1, -0.05) is 11.2 Å². The highest BCUT2D eigenvalue weighted by molar-refractivity contribution is 6.27. The molecule has 0 fully saturated rings.